The summed E-state index contributed by atoms with van der Waals surface area (Å²) in [7, 11) is -1.89. The highest BCUT2D eigenvalue weighted by atomic mass is 28.3. The zero-order valence-corrected chi connectivity index (χ0v) is 20.7. The van der Waals surface area contributed by atoms with Gasteiger partial charge in [-0.15, -0.1) is 5.10 Å². The van der Waals surface area contributed by atoms with Crippen LogP contribution >= 0.6 is 0 Å². The number of hydrogen-bond donors (Lipinski definition) is 0. The fourth-order valence-electron chi connectivity index (χ4n) is 3.06. The molecule has 6 nitrogen and oxygen atoms in total. The van der Waals surface area contributed by atoms with Crippen molar-refractivity contribution in [2.75, 3.05) is 6.61 Å². The van der Waals surface area contributed by atoms with Crippen molar-refractivity contribution in [3.63, 3.8) is 0 Å². The third kappa shape index (κ3) is 5.62. The summed E-state index contributed by atoms with van der Waals surface area (Å²) in [5.74, 6) is -1.08. The van der Waals surface area contributed by atoms with Crippen molar-refractivity contribution in [3.8, 4) is 11.4 Å². The second-order valence-electron chi connectivity index (χ2n) is 10.3. The van der Waals surface area contributed by atoms with E-state index in [4.69, 9.17) is 14.0 Å². The van der Waals surface area contributed by atoms with Gasteiger partial charge in [-0.3, -0.25) is 0 Å². The van der Waals surface area contributed by atoms with Crippen LogP contribution in [0.15, 0.2) is 24.3 Å². The van der Waals surface area contributed by atoms with Gasteiger partial charge in [0.1, 0.15) is 6.73 Å². The molecule has 2 heterocycles. The molecule has 0 aliphatic carbocycles. The summed E-state index contributed by atoms with van der Waals surface area (Å²) >= 11 is 0. The standard InChI is InChI=1S/C21H31BF3N3O3Si/c1-19(2)20(3,4)31-22(30-19)16-10-8-15(9-11-16)17-26-18(21(23,24)25)28(27-17)14-29-12-13-32(5,6)7/h8-11H,12-14H2,1-7H3. The third-order valence-electron chi connectivity index (χ3n) is 5.83. The molecule has 176 valence electrons. The van der Waals surface area contributed by atoms with E-state index in [1.807, 2.05) is 27.7 Å². The van der Waals surface area contributed by atoms with Crippen LogP contribution < -0.4 is 5.46 Å². The van der Waals surface area contributed by atoms with E-state index in [0.717, 1.165) is 16.2 Å². The quantitative estimate of drug-likeness (QED) is 0.439. The van der Waals surface area contributed by atoms with Crippen LogP contribution in [0.5, 0.6) is 0 Å². The maximum atomic E-state index is 13.5. The number of rotatable bonds is 7. The summed E-state index contributed by atoms with van der Waals surface area (Å²) in [4.78, 5) is 3.75. The van der Waals surface area contributed by atoms with Crippen molar-refractivity contribution in [2.24, 2.45) is 0 Å². The highest BCUT2D eigenvalue weighted by molar-refractivity contribution is 6.76. The van der Waals surface area contributed by atoms with Crippen LogP contribution in [0.3, 0.4) is 0 Å². The Morgan fingerprint density at radius 1 is 1.03 bits per heavy atom. The number of aromatic nitrogens is 3. The monoisotopic (exact) mass is 469 g/mol. The number of alkyl halides is 3. The zero-order valence-electron chi connectivity index (χ0n) is 19.7. The molecule has 0 saturated carbocycles. The first kappa shape index (κ1) is 24.9. The Morgan fingerprint density at radius 3 is 2.09 bits per heavy atom. The van der Waals surface area contributed by atoms with Crippen LogP contribution in [-0.2, 0) is 27.0 Å². The van der Waals surface area contributed by atoms with Crippen molar-refractivity contribution in [1.29, 1.82) is 0 Å². The minimum absolute atomic E-state index is 0.00779. The smallest absolute Gasteiger partial charge is 0.399 e. The van der Waals surface area contributed by atoms with Crippen molar-refractivity contribution >= 4 is 20.7 Å². The lowest BCUT2D eigenvalue weighted by molar-refractivity contribution is -0.150. The topological polar surface area (TPSA) is 58.4 Å². The van der Waals surface area contributed by atoms with Crippen LogP contribution in [0.2, 0.25) is 25.7 Å². The molecule has 0 N–H and O–H groups in total. The molecule has 3 rings (SSSR count). The van der Waals surface area contributed by atoms with Crippen molar-refractivity contribution in [3.05, 3.63) is 30.1 Å². The molecule has 1 aromatic carbocycles. The van der Waals surface area contributed by atoms with Crippen molar-refractivity contribution in [1.82, 2.24) is 14.8 Å². The van der Waals surface area contributed by atoms with Gasteiger partial charge >= 0.3 is 13.3 Å². The van der Waals surface area contributed by atoms with Gasteiger partial charge in [0.2, 0.25) is 5.82 Å². The number of hydrogen-bond acceptors (Lipinski definition) is 5. The second-order valence-corrected chi connectivity index (χ2v) is 15.9. The number of halogens is 3. The molecule has 0 atom stereocenters. The van der Waals surface area contributed by atoms with Crippen molar-refractivity contribution in [2.45, 2.75) is 77.5 Å². The lowest BCUT2D eigenvalue weighted by atomic mass is 9.79. The summed E-state index contributed by atoms with van der Waals surface area (Å²) in [5, 5.41) is 4.06. The SMILES string of the molecule is CC1(C)OB(c2ccc(-c3nc(C(F)(F)F)n(COCC[Si](C)(C)C)n3)cc2)OC1(C)C. The van der Waals surface area contributed by atoms with Crippen LogP contribution in [0.4, 0.5) is 13.2 Å². The van der Waals surface area contributed by atoms with Crippen LogP contribution in [0, 0.1) is 0 Å². The Labute approximate surface area is 188 Å². The van der Waals surface area contributed by atoms with E-state index >= 15 is 0 Å². The van der Waals surface area contributed by atoms with E-state index in [9.17, 15) is 13.2 Å². The number of nitrogens with zero attached hydrogens (tertiary/aromatic N) is 3. The summed E-state index contributed by atoms with van der Waals surface area (Å²) in [6.45, 7) is 14.5. The Hall–Kier alpha value is -1.69. The Kier molecular flexibility index (Phi) is 6.69. The maximum Gasteiger partial charge on any atom is 0.494 e. The molecule has 0 bridgehead atoms. The molecule has 0 radical (unpaired) electrons. The highest BCUT2D eigenvalue weighted by Gasteiger charge is 2.51. The van der Waals surface area contributed by atoms with E-state index in [1.54, 1.807) is 24.3 Å². The molecule has 1 aromatic heterocycles. The fourth-order valence-corrected chi connectivity index (χ4v) is 3.82. The Balaban J connectivity index is 1.77. The average Bonchev–Trinajstić information content (AvgIpc) is 3.17. The van der Waals surface area contributed by atoms with Gasteiger partial charge < -0.3 is 14.0 Å². The molecule has 0 amide bonds. The zero-order chi connectivity index (χ0) is 23.9. The van der Waals surface area contributed by atoms with E-state index in [1.165, 1.54) is 0 Å². The molecule has 0 unspecified atom stereocenters. The minimum atomic E-state index is -4.63. The van der Waals surface area contributed by atoms with Gasteiger partial charge in [-0.25, -0.2) is 9.67 Å². The van der Waals surface area contributed by atoms with Crippen LogP contribution in [0.1, 0.15) is 33.5 Å². The molecular weight excluding hydrogens is 438 g/mol. The molecular formula is C21H31BF3N3O3Si. The first-order chi connectivity index (χ1) is 14.6. The van der Waals surface area contributed by atoms with Gasteiger partial charge in [0.15, 0.2) is 5.82 Å². The van der Waals surface area contributed by atoms with Gasteiger partial charge in [-0.1, -0.05) is 43.9 Å². The summed E-state index contributed by atoms with van der Waals surface area (Å²) < 4.78 is 58.7. The normalized spacial score (nSPS) is 18.4. The average molecular weight is 469 g/mol. The van der Waals surface area contributed by atoms with E-state index in [-0.39, 0.29) is 12.6 Å². The van der Waals surface area contributed by atoms with Gasteiger partial charge in [-0.05, 0) is 39.2 Å². The lowest BCUT2D eigenvalue weighted by Crippen LogP contribution is -2.41. The maximum absolute atomic E-state index is 13.5. The predicted octanol–water partition coefficient (Wildman–Crippen LogP) is 4.58. The summed E-state index contributed by atoms with van der Waals surface area (Å²) in [5.41, 5.74) is 0.288. The van der Waals surface area contributed by atoms with Crippen LogP contribution in [0.25, 0.3) is 11.4 Å². The lowest BCUT2D eigenvalue weighted by Gasteiger charge is -2.32. The molecule has 0 spiro atoms. The molecule has 1 fully saturated rings. The van der Waals surface area contributed by atoms with Gasteiger partial charge in [0, 0.05) is 20.2 Å². The second kappa shape index (κ2) is 8.59. The highest BCUT2D eigenvalue weighted by Crippen LogP contribution is 2.36. The van der Waals surface area contributed by atoms with Gasteiger partial charge in [0.25, 0.3) is 0 Å². The largest absolute Gasteiger partial charge is 0.494 e. The molecule has 2 aromatic rings. The number of benzene rings is 1. The van der Waals surface area contributed by atoms with E-state index < -0.39 is 38.4 Å². The van der Waals surface area contributed by atoms with Gasteiger partial charge in [0.05, 0.1) is 11.2 Å². The van der Waals surface area contributed by atoms with Gasteiger partial charge in [-0.2, -0.15) is 13.2 Å². The summed E-state index contributed by atoms with van der Waals surface area (Å²) in [6, 6.07) is 7.72. The van der Waals surface area contributed by atoms with E-state index in [0.29, 0.717) is 12.2 Å². The van der Waals surface area contributed by atoms with Crippen LogP contribution in [-0.4, -0.2) is 47.8 Å². The minimum Gasteiger partial charge on any atom is -0.399 e. The first-order valence-corrected chi connectivity index (χ1v) is 14.4. The Morgan fingerprint density at radius 2 is 1.59 bits per heavy atom. The molecule has 1 aliphatic rings. The molecule has 1 saturated heterocycles. The molecule has 11 heteroatoms. The first-order valence-electron chi connectivity index (χ1n) is 10.6. The molecule has 32 heavy (non-hydrogen) atoms. The fraction of sp³-hybridized carbons (Fsp3) is 0.619. The summed E-state index contributed by atoms with van der Waals surface area (Å²) in [6.07, 6.45) is -4.63. The Bertz CT molecular complexity index is 924. The third-order valence-corrected chi connectivity index (χ3v) is 7.53. The predicted molar refractivity (Wildman–Crippen MR) is 120 cm³/mol. The number of ether oxygens (including phenoxy) is 1. The van der Waals surface area contributed by atoms with E-state index in [2.05, 4.69) is 29.7 Å². The molecule has 1 aliphatic heterocycles. The van der Waals surface area contributed by atoms with Crippen molar-refractivity contribution < 1.29 is 27.2 Å².